The van der Waals surface area contributed by atoms with Crippen LogP contribution < -0.4 is 11.1 Å². The summed E-state index contributed by atoms with van der Waals surface area (Å²) < 4.78 is 42.1. The Morgan fingerprint density at radius 3 is 2.63 bits per heavy atom. The molecule has 0 fully saturated rings. The van der Waals surface area contributed by atoms with E-state index in [1.807, 2.05) is 0 Å². The van der Waals surface area contributed by atoms with Crippen molar-refractivity contribution < 1.29 is 22.8 Å². The molecule has 2 amide bonds. The summed E-state index contributed by atoms with van der Waals surface area (Å²) in [6.45, 7) is 2.11. The summed E-state index contributed by atoms with van der Waals surface area (Å²) in [6.07, 6.45) is -2.38. The number of thiophene rings is 1. The third-order valence-electron chi connectivity index (χ3n) is 6.00. The molecule has 1 aliphatic rings. The van der Waals surface area contributed by atoms with E-state index in [4.69, 9.17) is 5.73 Å². The molecular formula is C24H20F3N5O2S. The number of nitrogens with two attached hydrogens (primary N) is 1. The average molecular weight is 500 g/mol. The number of amides is 2. The van der Waals surface area contributed by atoms with Crippen LogP contribution in [0.25, 0.3) is 16.9 Å². The number of hydrogen-bond acceptors (Lipinski definition) is 5. The van der Waals surface area contributed by atoms with E-state index in [-0.39, 0.29) is 27.6 Å². The minimum absolute atomic E-state index is 0.105. The van der Waals surface area contributed by atoms with Gasteiger partial charge in [0.2, 0.25) is 0 Å². The molecule has 7 nitrogen and oxygen atoms in total. The van der Waals surface area contributed by atoms with Crippen molar-refractivity contribution in [3.05, 3.63) is 69.9 Å². The number of carbonyl (C=O) groups excluding carboxylic acids is 2. The second-order valence-electron chi connectivity index (χ2n) is 8.56. The predicted molar refractivity (Wildman–Crippen MR) is 125 cm³/mol. The molecule has 180 valence electrons. The number of hydrogen-bond donors (Lipinski definition) is 2. The molecule has 3 heterocycles. The van der Waals surface area contributed by atoms with Gasteiger partial charge in [-0.05, 0) is 36.8 Å². The van der Waals surface area contributed by atoms with Crippen molar-refractivity contribution in [2.24, 2.45) is 11.7 Å². The maximum absolute atomic E-state index is 13.8. The number of rotatable bonds is 4. The van der Waals surface area contributed by atoms with E-state index in [1.165, 1.54) is 17.4 Å². The highest BCUT2D eigenvalue weighted by molar-refractivity contribution is 7.17. The van der Waals surface area contributed by atoms with Crippen LogP contribution in [0.5, 0.6) is 0 Å². The van der Waals surface area contributed by atoms with Crippen molar-refractivity contribution in [1.29, 1.82) is 0 Å². The molecular weight excluding hydrogens is 479 g/mol. The van der Waals surface area contributed by atoms with Crippen molar-refractivity contribution >= 4 is 33.8 Å². The Balaban J connectivity index is 1.55. The van der Waals surface area contributed by atoms with Gasteiger partial charge in [-0.3, -0.25) is 9.59 Å². The van der Waals surface area contributed by atoms with Crippen molar-refractivity contribution in [3.63, 3.8) is 0 Å². The molecule has 1 aromatic carbocycles. The predicted octanol–water partition coefficient (Wildman–Crippen LogP) is 4.95. The van der Waals surface area contributed by atoms with Crippen LogP contribution in [0.3, 0.4) is 0 Å². The van der Waals surface area contributed by atoms with E-state index in [9.17, 15) is 22.8 Å². The molecule has 11 heteroatoms. The summed E-state index contributed by atoms with van der Waals surface area (Å²) >= 11 is 1.27. The number of benzene rings is 1. The van der Waals surface area contributed by atoms with Gasteiger partial charge in [-0.2, -0.15) is 18.3 Å². The molecule has 35 heavy (non-hydrogen) atoms. The highest BCUT2D eigenvalue weighted by atomic mass is 32.1. The van der Waals surface area contributed by atoms with E-state index in [0.717, 1.165) is 29.3 Å². The van der Waals surface area contributed by atoms with E-state index < -0.39 is 23.7 Å². The first-order valence-electron chi connectivity index (χ1n) is 10.9. The summed E-state index contributed by atoms with van der Waals surface area (Å²) in [5.41, 5.74) is 5.84. The number of nitrogens with one attached hydrogen (secondary N) is 1. The normalized spacial score (nSPS) is 15.7. The number of carbonyl (C=O) groups is 2. The van der Waals surface area contributed by atoms with Crippen LogP contribution in [0.1, 0.15) is 50.3 Å². The quantitative estimate of drug-likeness (QED) is 0.415. The zero-order chi connectivity index (χ0) is 24.9. The molecule has 5 rings (SSSR count). The maximum Gasteiger partial charge on any atom is 0.433 e. The van der Waals surface area contributed by atoms with Crippen molar-refractivity contribution in [3.8, 4) is 11.3 Å². The van der Waals surface area contributed by atoms with Crippen LogP contribution in [-0.2, 0) is 19.0 Å². The van der Waals surface area contributed by atoms with Crippen LogP contribution in [0.4, 0.5) is 18.2 Å². The number of fused-ring (bicyclic) bond motifs is 2. The Hall–Kier alpha value is -3.73. The monoisotopic (exact) mass is 499 g/mol. The van der Waals surface area contributed by atoms with E-state index in [2.05, 4.69) is 22.3 Å². The van der Waals surface area contributed by atoms with Gasteiger partial charge in [-0.1, -0.05) is 37.3 Å². The zero-order valence-corrected chi connectivity index (χ0v) is 19.3. The van der Waals surface area contributed by atoms with E-state index in [0.29, 0.717) is 22.4 Å². The first-order chi connectivity index (χ1) is 16.6. The topological polar surface area (TPSA) is 102 Å². The van der Waals surface area contributed by atoms with Crippen LogP contribution in [0.2, 0.25) is 0 Å². The van der Waals surface area contributed by atoms with Crippen LogP contribution in [0, 0.1) is 5.92 Å². The Kier molecular flexibility index (Phi) is 5.59. The zero-order valence-electron chi connectivity index (χ0n) is 18.5. The molecule has 0 spiro atoms. The largest absolute Gasteiger partial charge is 0.433 e. The lowest BCUT2D eigenvalue weighted by molar-refractivity contribution is -0.142. The van der Waals surface area contributed by atoms with Gasteiger partial charge >= 0.3 is 6.18 Å². The molecule has 0 radical (unpaired) electrons. The number of halogens is 3. The minimum atomic E-state index is -4.73. The Morgan fingerprint density at radius 2 is 1.94 bits per heavy atom. The fourth-order valence-corrected chi connectivity index (χ4v) is 5.72. The second-order valence-corrected chi connectivity index (χ2v) is 9.67. The summed E-state index contributed by atoms with van der Waals surface area (Å²) in [4.78, 5) is 30.4. The summed E-state index contributed by atoms with van der Waals surface area (Å²) in [5.74, 6) is -0.968. The van der Waals surface area contributed by atoms with Crippen LogP contribution >= 0.6 is 11.3 Å². The van der Waals surface area contributed by atoms with Gasteiger partial charge < -0.3 is 11.1 Å². The first kappa shape index (κ1) is 23.0. The fraction of sp³-hybridized carbons (Fsp3) is 0.250. The molecule has 3 aromatic heterocycles. The van der Waals surface area contributed by atoms with E-state index in [1.54, 1.807) is 30.3 Å². The lowest BCUT2D eigenvalue weighted by atomic mass is 9.88. The van der Waals surface area contributed by atoms with Gasteiger partial charge in [0, 0.05) is 16.5 Å². The molecule has 1 atom stereocenters. The summed E-state index contributed by atoms with van der Waals surface area (Å²) in [7, 11) is 0. The lowest BCUT2D eigenvalue weighted by Gasteiger charge is -2.18. The SMILES string of the molecule is CC1CCc2c(sc(NC(=O)c3cc4nc(-c5ccccc5)cc(C(F)(F)F)n4n3)c2C(N)=O)C1. The summed E-state index contributed by atoms with van der Waals surface area (Å²) in [6, 6.07) is 10.5. The first-order valence-corrected chi connectivity index (χ1v) is 11.7. The molecule has 4 aromatic rings. The van der Waals surface area contributed by atoms with Crippen molar-refractivity contribution in [2.45, 2.75) is 32.4 Å². The fourth-order valence-electron chi connectivity index (χ4n) is 4.31. The van der Waals surface area contributed by atoms with Gasteiger partial charge in [0.1, 0.15) is 5.00 Å². The third kappa shape index (κ3) is 4.27. The standard InChI is InChI=1S/C24H20F3N5O2S/c1-12-7-8-14-17(9-12)35-23(20(14)21(28)33)30-22(34)16-11-19-29-15(13-5-3-2-4-6-13)10-18(24(25,26)27)32(19)31-16/h2-6,10-12H,7-9H2,1H3,(H2,28,33)(H,30,34). The van der Waals surface area contributed by atoms with Crippen molar-refractivity contribution in [1.82, 2.24) is 14.6 Å². The van der Waals surface area contributed by atoms with Crippen LogP contribution in [-0.4, -0.2) is 26.4 Å². The second kappa shape index (κ2) is 8.49. The van der Waals surface area contributed by atoms with Crippen molar-refractivity contribution in [2.75, 3.05) is 5.32 Å². The summed E-state index contributed by atoms with van der Waals surface area (Å²) in [5, 5.41) is 6.81. The third-order valence-corrected chi connectivity index (χ3v) is 7.17. The number of anilines is 1. The van der Waals surface area contributed by atoms with Gasteiger partial charge in [0.05, 0.1) is 11.3 Å². The molecule has 0 bridgehead atoms. The molecule has 1 aliphatic carbocycles. The highest BCUT2D eigenvalue weighted by Crippen LogP contribution is 2.39. The molecule has 1 unspecified atom stereocenters. The lowest BCUT2D eigenvalue weighted by Crippen LogP contribution is -2.19. The van der Waals surface area contributed by atoms with Gasteiger partial charge in [-0.25, -0.2) is 9.50 Å². The molecule has 0 saturated heterocycles. The van der Waals surface area contributed by atoms with Gasteiger partial charge in [0.25, 0.3) is 11.8 Å². The smallest absolute Gasteiger partial charge is 0.365 e. The number of primary amides is 1. The van der Waals surface area contributed by atoms with Gasteiger partial charge in [-0.15, -0.1) is 11.3 Å². The number of aromatic nitrogens is 3. The van der Waals surface area contributed by atoms with Gasteiger partial charge in [0.15, 0.2) is 17.0 Å². The molecule has 3 N–H and O–H groups in total. The molecule has 0 saturated carbocycles. The van der Waals surface area contributed by atoms with E-state index >= 15 is 0 Å². The number of nitrogens with zero attached hydrogens (tertiary/aromatic N) is 3. The Bertz CT molecular complexity index is 1460. The average Bonchev–Trinajstić information content (AvgIpc) is 3.39. The minimum Gasteiger partial charge on any atom is -0.365 e. The molecule has 0 aliphatic heterocycles. The maximum atomic E-state index is 13.8. The Labute approximate surface area is 201 Å². The number of alkyl halides is 3. The highest BCUT2D eigenvalue weighted by Gasteiger charge is 2.36. The Morgan fingerprint density at radius 1 is 1.20 bits per heavy atom. The van der Waals surface area contributed by atoms with Crippen LogP contribution in [0.15, 0.2) is 42.5 Å².